The molecule has 0 radical (unpaired) electrons. The van der Waals surface area contributed by atoms with Crippen molar-refractivity contribution >= 4 is 21.6 Å². The molecule has 1 aliphatic rings. The Bertz CT molecular complexity index is 353. The third-order valence-corrected chi connectivity index (χ3v) is 3.40. The summed E-state index contributed by atoms with van der Waals surface area (Å²) in [6.45, 7) is 5.11. The van der Waals surface area contributed by atoms with Crippen LogP contribution in [0.15, 0.2) is 22.7 Å². The fourth-order valence-electron chi connectivity index (χ4n) is 1.91. The molecule has 2 rings (SSSR count). The number of rotatable bonds is 2. The van der Waals surface area contributed by atoms with E-state index in [0.717, 1.165) is 17.5 Å². The molecule has 0 aliphatic carbocycles. The zero-order valence-corrected chi connectivity index (χ0v) is 10.7. The molecule has 1 N–H and O–H groups in total. The van der Waals surface area contributed by atoms with E-state index in [1.54, 1.807) is 0 Å². The van der Waals surface area contributed by atoms with E-state index >= 15 is 0 Å². The van der Waals surface area contributed by atoms with Crippen molar-refractivity contribution in [1.82, 2.24) is 0 Å². The molecule has 82 valence electrons. The molecule has 15 heavy (non-hydrogen) atoms. The largest absolute Gasteiger partial charge is 0.379 e. The van der Waals surface area contributed by atoms with Gasteiger partial charge in [-0.3, -0.25) is 0 Å². The second-order valence-electron chi connectivity index (χ2n) is 4.07. The molecule has 1 saturated heterocycles. The van der Waals surface area contributed by atoms with Gasteiger partial charge in [-0.2, -0.15) is 0 Å². The molecule has 1 aliphatic heterocycles. The number of ether oxygens (including phenoxy) is 1. The van der Waals surface area contributed by atoms with Crippen molar-refractivity contribution in [2.75, 3.05) is 11.9 Å². The third-order valence-electron chi connectivity index (χ3n) is 2.91. The quantitative estimate of drug-likeness (QED) is 0.889. The van der Waals surface area contributed by atoms with Crippen LogP contribution in [0.1, 0.15) is 18.9 Å². The molecule has 1 aromatic rings. The fourth-order valence-corrected chi connectivity index (χ4v) is 2.39. The lowest BCUT2D eigenvalue weighted by Gasteiger charge is -2.19. The minimum Gasteiger partial charge on any atom is -0.379 e. The van der Waals surface area contributed by atoms with Crippen molar-refractivity contribution in [2.45, 2.75) is 32.4 Å². The number of halogens is 1. The second kappa shape index (κ2) is 4.54. The third kappa shape index (κ3) is 2.52. The minimum atomic E-state index is 0.313. The van der Waals surface area contributed by atoms with Crippen LogP contribution < -0.4 is 5.32 Å². The summed E-state index contributed by atoms with van der Waals surface area (Å²) in [6, 6.07) is 6.76. The van der Waals surface area contributed by atoms with Crippen molar-refractivity contribution in [1.29, 1.82) is 0 Å². The van der Waals surface area contributed by atoms with E-state index in [2.05, 4.69) is 53.3 Å². The summed E-state index contributed by atoms with van der Waals surface area (Å²) in [4.78, 5) is 0. The molecular weight excluding hydrogens is 254 g/mol. The maximum Gasteiger partial charge on any atom is 0.0748 e. The standard InChI is InChI=1S/C12H16BrNO/c1-8-7-10(13)3-4-11(8)14-12-5-6-15-9(12)2/h3-4,7,9,12,14H,5-6H2,1-2H3/t9-,12-/m0/s1. The molecular formula is C12H16BrNO. The summed E-state index contributed by atoms with van der Waals surface area (Å²) >= 11 is 3.47. The first-order valence-electron chi connectivity index (χ1n) is 5.31. The summed E-state index contributed by atoms with van der Waals surface area (Å²) in [5.74, 6) is 0. The fraction of sp³-hybridized carbons (Fsp3) is 0.500. The molecule has 1 heterocycles. The Labute approximate surface area is 99.1 Å². The van der Waals surface area contributed by atoms with Gasteiger partial charge in [0.05, 0.1) is 12.1 Å². The van der Waals surface area contributed by atoms with Crippen LogP contribution in [0.3, 0.4) is 0 Å². The molecule has 0 spiro atoms. The van der Waals surface area contributed by atoms with Crippen molar-refractivity contribution in [3.8, 4) is 0 Å². The number of hydrogen-bond acceptors (Lipinski definition) is 2. The number of nitrogens with one attached hydrogen (secondary N) is 1. The second-order valence-corrected chi connectivity index (χ2v) is 4.99. The van der Waals surface area contributed by atoms with Gasteiger partial charge in [-0.25, -0.2) is 0 Å². The van der Waals surface area contributed by atoms with Gasteiger partial charge in [0, 0.05) is 16.8 Å². The van der Waals surface area contributed by atoms with Gasteiger partial charge in [-0.15, -0.1) is 0 Å². The minimum absolute atomic E-state index is 0.313. The first-order chi connectivity index (χ1) is 7.16. The zero-order chi connectivity index (χ0) is 10.8. The van der Waals surface area contributed by atoms with E-state index in [1.165, 1.54) is 11.3 Å². The van der Waals surface area contributed by atoms with Crippen molar-refractivity contribution in [3.05, 3.63) is 28.2 Å². The highest BCUT2D eigenvalue weighted by Gasteiger charge is 2.24. The van der Waals surface area contributed by atoms with E-state index in [9.17, 15) is 0 Å². The van der Waals surface area contributed by atoms with Crippen LogP contribution in [0.25, 0.3) is 0 Å². The normalized spacial score (nSPS) is 25.5. The van der Waals surface area contributed by atoms with Gasteiger partial charge in [-0.1, -0.05) is 15.9 Å². The monoisotopic (exact) mass is 269 g/mol. The summed E-state index contributed by atoms with van der Waals surface area (Å²) in [6.07, 6.45) is 1.41. The van der Waals surface area contributed by atoms with Crippen LogP contribution >= 0.6 is 15.9 Å². The van der Waals surface area contributed by atoms with E-state index in [0.29, 0.717) is 12.1 Å². The summed E-state index contributed by atoms with van der Waals surface area (Å²) in [5.41, 5.74) is 2.48. The molecule has 0 amide bonds. The van der Waals surface area contributed by atoms with Crippen molar-refractivity contribution in [2.24, 2.45) is 0 Å². The first kappa shape index (κ1) is 11.0. The Morgan fingerprint density at radius 3 is 2.87 bits per heavy atom. The predicted molar refractivity (Wildman–Crippen MR) is 66.3 cm³/mol. The highest BCUT2D eigenvalue weighted by molar-refractivity contribution is 9.10. The van der Waals surface area contributed by atoms with Crippen LogP contribution in [-0.2, 0) is 4.74 Å². The van der Waals surface area contributed by atoms with Gasteiger partial charge < -0.3 is 10.1 Å². The van der Waals surface area contributed by atoms with E-state index in [4.69, 9.17) is 4.74 Å². The molecule has 0 aromatic heterocycles. The SMILES string of the molecule is Cc1cc(Br)ccc1N[C@H]1CCO[C@H]1C. The van der Waals surface area contributed by atoms with Crippen LogP contribution in [0, 0.1) is 6.92 Å². The lowest BCUT2D eigenvalue weighted by Crippen LogP contribution is -2.26. The van der Waals surface area contributed by atoms with Crippen molar-refractivity contribution < 1.29 is 4.74 Å². The highest BCUT2D eigenvalue weighted by atomic mass is 79.9. The number of anilines is 1. The molecule has 0 saturated carbocycles. The van der Waals surface area contributed by atoms with E-state index in [-0.39, 0.29) is 0 Å². The van der Waals surface area contributed by atoms with Crippen LogP contribution in [-0.4, -0.2) is 18.8 Å². The van der Waals surface area contributed by atoms with Crippen molar-refractivity contribution in [3.63, 3.8) is 0 Å². The Kier molecular flexibility index (Phi) is 3.32. The lowest BCUT2D eigenvalue weighted by atomic mass is 10.1. The maximum atomic E-state index is 5.53. The van der Waals surface area contributed by atoms with Crippen LogP contribution in [0.2, 0.25) is 0 Å². The topological polar surface area (TPSA) is 21.3 Å². The predicted octanol–water partition coefficient (Wildman–Crippen LogP) is 3.35. The van der Waals surface area contributed by atoms with Gasteiger partial charge in [0.15, 0.2) is 0 Å². The van der Waals surface area contributed by atoms with E-state index in [1.807, 2.05) is 0 Å². The number of aryl methyl sites for hydroxylation is 1. The molecule has 3 heteroatoms. The average molecular weight is 270 g/mol. The van der Waals surface area contributed by atoms with Crippen LogP contribution in [0.5, 0.6) is 0 Å². The van der Waals surface area contributed by atoms with Gasteiger partial charge in [0.1, 0.15) is 0 Å². The Morgan fingerprint density at radius 1 is 1.47 bits per heavy atom. The smallest absolute Gasteiger partial charge is 0.0748 e. The lowest BCUT2D eigenvalue weighted by molar-refractivity contribution is 0.121. The summed E-state index contributed by atoms with van der Waals surface area (Å²) in [5, 5.41) is 3.54. The average Bonchev–Trinajstić information content (AvgIpc) is 2.57. The van der Waals surface area contributed by atoms with Crippen LogP contribution in [0.4, 0.5) is 5.69 Å². The molecule has 1 fully saturated rings. The molecule has 2 atom stereocenters. The zero-order valence-electron chi connectivity index (χ0n) is 9.09. The van der Waals surface area contributed by atoms with E-state index < -0.39 is 0 Å². The summed E-state index contributed by atoms with van der Waals surface area (Å²) in [7, 11) is 0. The maximum absolute atomic E-state index is 5.53. The molecule has 1 aromatic carbocycles. The summed E-state index contributed by atoms with van der Waals surface area (Å²) < 4.78 is 6.66. The van der Waals surface area contributed by atoms with Gasteiger partial charge in [0.25, 0.3) is 0 Å². The molecule has 0 unspecified atom stereocenters. The number of hydrogen-bond donors (Lipinski definition) is 1. The molecule has 0 bridgehead atoms. The number of benzene rings is 1. The van der Waals surface area contributed by atoms with Gasteiger partial charge in [0.2, 0.25) is 0 Å². The molecule has 2 nitrogen and oxygen atoms in total. The highest BCUT2D eigenvalue weighted by Crippen LogP contribution is 2.24. The van der Waals surface area contributed by atoms with Gasteiger partial charge >= 0.3 is 0 Å². The Balaban J connectivity index is 2.10. The Morgan fingerprint density at radius 2 is 2.27 bits per heavy atom. The Hall–Kier alpha value is -0.540. The van der Waals surface area contributed by atoms with Gasteiger partial charge in [-0.05, 0) is 44.0 Å². The first-order valence-corrected chi connectivity index (χ1v) is 6.10.